The highest BCUT2D eigenvalue weighted by molar-refractivity contribution is 5.78. The average molecular weight is 337 g/mol. The zero-order valence-corrected chi connectivity index (χ0v) is 16.3. The maximum absolute atomic E-state index is 11.4. The van der Waals surface area contributed by atoms with Gasteiger partial charge in [-0.3, -0.25) is 9.28 Å². The Hall–Kier alpha value is -1.16. The first-order valence-electron chi connectivity index (χ1n) is 9.89. The summed E-state index contributed by atoms with van der Waals surface area (Å²) in [5.41, 5.74) is 0. The molecule has 24 heavy (non-hydrogen) atoms. The van der Waals surface area contributed by atoms with E-state index in [-0.39, 0.29) is 12.1 Å². The Bertz CT molecular complexity index is 431. The highest BCUT2D eigenvalue weighted by Crippen LogP contribution is 2.23. The van der Waals surface area contributed by atoms with E-state index in [0.717, 1.165) is 30.5 Å². The van der Waals surface area contributed by atoms with Crippen LogP contribution in [0.1, 0.15) is 79.1 Å². The molecule has 0 aromatic carbocycles. The lowest BCUT2D eigenvalue weighted by molar-refractivity contribution is -0.861. The molecule has 4 nitrogen and oxygen atoms in total. The maximum Gasteiger partial charge on any atom is 0.221 e. The van der Waals surface area contributed by atoms with Crippen molar-refractivity contribution in [1.29, 1.82) is 0 Å². The second-order valence-corrected chi connectivity index (χ2v) is 6.96. The molecule has 1 N–H and O–H groups in total. The Balaban J connectivity index is 2.34. The van der Waals surface area contributed by atoms with E-state index in [9.17, 15) is 4.79 Å². The maximum atomic E-state index is 11.4. The number of hydrogen-bond donors (Lipinski definition) is 1. The predicted molar refractivity (Wildman–Crippen MR) is 103 cm³/mol. The van der Waals surface area contributed by atoms with Gasteiger partial charge in [0.2, 0.25) is 5.91 Å². The number of amides is 1. The molecule has 1 aliphatic rings. The molecule has 1 heterocycles. The van der Waals surface area contributed by atoms with E-state index in [0.29, 0.717) is 0 Å². The van der Waals surface area contributed by atoms with Gasteiger partial charge in [0.1, 0.15) is 6.54 Å². The van der Waals surface area contributed by atoms with Crippen molar-refractivity contribution in [3.8, 4) is 0 Å². The van der Waals surface area contributed by atoms with Crippen LogP contribution in [0, 0.1) is 0 Å². The van der Waals surface area contributed by atoms with Crippen molar-refractivity contribution >= 4 is 11.7 Å². The minimum Gasteiger partial charge on any atom is -0.307 e. The van der Waals surface area contributed by atoms with Gasteiger partial charge in [0.25, 0.3) is 0 Å². The van der Waals surface area contributed by atoms with Gasteiger partial charge >= 0.3 is 0 Å². The van der Waals surface area contributed by atoms with Crippen LogP contribution >= 0.6 is 0 Å². The summed E-state index contributed by atoms with van der Waals surface area (Å²) in [5.74, 6) is 1.34. The van der Waals surface area contributed by atoms with Crippen molar-refractivity contribution in [3.63, 3.8) is 0 Å². The van der Waals surface area contributed by atoms with Gasteiger partial charge in [0, 0.05) is 20.3 Å². The van der Waals surface area contributed by atoms with Gasteiger partial charge < -0.3 is 5.32 Å². The normalized spacial score (nSPS) is 21.9. The lowest BCUT2D eigenvalue weighted by Gasteiger charge is -2.39. The van der Waals surface area contributed by atoms with Crippen molar-refractivity contribution in [2.24, 2.45) is 4.99 Å². The smallest absolute Gasteiger partial charge is 0.221 e. The fourth-order valence-electron chi connectivity index (χ4n) is 3.68. The molecule has 0 fully saturated rings. The number of amidine groups is 1. The molecule has 4 heteroatoms. The van der Waals surface area contributed by atoms with Gasteiger partial charge in [-0.2, -0.15) is 0 Å². The van der Waals surface area contributed by atoms with Gasteiger partial charge in [0.15, 0.2) is 12.0 Å². The van der Waals surface area contributed by atoms with Crippen LogP contribution in [0.2, 0.25) is 0 Å². The van der Waals surface area contributed by atoms with Crippen molar-refractivity contribution < 1.29 is 9.28 Å². The van der Waals surface area contributed by atoms with Crippen molar-refractivity contribution in [3.05, 3.63) is 12.2 Å². The molecule has 0 saturated carbocycles. The Morgan fingerprint density at radius 3 is 2.58 bits per heavy atom. The summed E-state index contributed by atoms with van der Waals surface area (Å²) in [5, 5.41) is 3.09. The highest BCUT2D eigenvalue weighted by Gasteiger charge is 2.41. The molecule has 138 valence electrons. The lowest BCUT2D eigenvalue weighted by atomic mass is 10.1. The molecule has 0 aromatic rings. The van der Waals surface area contributed by atoms with E-state index in [1.165, 1.54) is 50.8 Å². The molecular formula is C20H38N3O+. The van der Waals surface area contributed by atoms with Crippen molar-refractivity contribution in [2.75, 3.05) is 19.6 Å². The van der Waals surface area contributed by atoms with Crippen molar-refractivity contribution in [2.45, 2.75) is 85.2 Å². The lowest BCUT2D eigenvalue weighted by Crippen LogP contribution is -2.62. The molecule has 2 atom stereocenters. The van der Waals surface area contributed by atoms with E-state index in [4.69, 9.17) is 4.99 Å². The van der Waals surface area contributed by atoms with Crippen LogP contribution in [0.4, 0.5) is 0 Å². The van der Waals surface area contributed by atoms with E-state index < -0.39 is 0 Å². The van der Waals surface area contributed by atoms with Crippen LogP contribution in [0.5, 0.6) is 0 Å². The van der Waals surface area contributed by atoms with Crippen LogP contribution in [-0.2, 0) is 4.79 Å². The molecule has 0 spiro atoms. The molecule has 2 unspecified atom stereocenters. The summed E-state index contributed by atoms with van der Waals surface area (Å²) in [6.07, 6.45) is 14.6. The standard InChI is InChI=1S/C20H37N3O/c1-5-7-8-9-10-11-12-13-14-15-20-21-16-17-23(20,6-2)18(3)22-19(4)24/h8-9,18H,5-7,10-17H2,1-4H3/p+1/b9-8+. The highest BCUT2D eigenvalue weighted by atomic mass is 16.1. The zero-order chi connectivity index (χ0) is 17.8. The van der Waals surface area contributed by atoms with Crippen LogP contribution in [0.15, 0.2) is 17.1 Å². The van der Waals surface area contributed by atoms with Gasteiger partial charge in [-0.15, -0.1) is 0 Å². The number of nitrogens with one attached hydrogen (secondary N) is 1. The number of aliphatic imine (C=N–C) groups is 1. The molecule has 0 radical (unpaired) electrons. The number of unbranched alkanes of at least 4 members (excludes halogenated alkanes) is 5. The number of carbonyl (C=O) groups is 1. The predicted octanol–water partition coefficient (Wildman–Crippen LogP) is 4.41. The molecule has 0 aromatic heterocycles. The number of rotatable bonds is 12. The van der Waals surface area contributed by atoms with Gasteiger partial charge in [-0.1, -0.05) is 38.3 Å². The van der Waals surface area contributed by atoms with Crippen LogP contribution in [0.3, 0.4) is 0 Å². The number of allylic oxidation sites excluding steroid dienone is 2. The number of carbonyl (C=O) groups excluding carboxylic acids is 1. The molecule has 1 rings (SSSR count). The number of hydrogen-bond acceptors (Lipinski definition) is 2. The molecule has 1 amide bonds. The summed E-state index contributed by atoms with van der Waals surface area (Å²) in [6, 6.07) is 0. The monoisotopic (exact) mass is 336 g/mol. The third kappa shape index (κ3) is 6.39. The van der Waals surface area contributed by atoms with Gasteiger partial charge in [-0.25, -0.2) is 4.99 Å². The SMILES string of the molecule is CCC/C=C/CCCCCCC1=NCC[N+]1(CC)C(C)NC(C)=O. The van der Waals surface area contributed by atoms with Crippen LogP contribution in [-0.4, -0.2) is 42.0 Å². The van der Waals surface area contributed by atoms with E-state index in [1.807, 2.05) is 0 Å². The summed E-state index contributed by atoms with van der Waals surface area (Å²) in [6.45, 7) is 11.1. The van der Waals surface area contributed by atoms with Gasteiger partial charge in [-0.05, 0) is 32.6 Å². The minimum atomic E-state index is 0.0517. The summed E-state index contributed by atoms with van der Waals surface area (Å²) in [4.78, 5) is 16.2. The van der Waals surface area contributed by atoms with E-state index in [1.54, 1.807) is 6.92 Å². The van der Waals surface area contributed by atoms with E-state index >= 15 is 0 Å². The Morgan fingerprint density at radius 2 is 1.92 bits per heavy atom. The van der Waals surface area contributed by atoms with E-state index in [2.05, 4.69) is 38.2 Å². The zero-order valence-electron chi connectivity index (χ0n) is 16.3. The number of likely N-dealkylation sites (N-methyl/N-ethyl adjacent to an activating group) is 1. The Labute approximate surface area is 149 Å². The molecule has 1 aliphatic heterocycles. The van der Waals surface area contributed by atoms with Crippen molar-refractivity contribution in [1.82, 2.24) is 5.32 Å². The van der Waals surface area contributed by atoms with Crippen LogP contribution in [0.25, 0.3) is 0 Å². The average Bonchev–Trinajstić information content (AvgIpc) is 2.97. The quantitative estimate of drug-likeness (QED) is 0.320. The second-order valence-electron chi connectivity index (χ2n) is 6.96. The molecule has 0 bridgehead atoms. The first kappa shape index (κ1) is 20.9. The van der Waals surface area contributed by atoms with Crippen LogP contribution < -0.4 is 5.32 Å². The largest absolute Gasteiger partial charge is 0.307 e. The summed E-state index contributed by atoms with van der Waals surface area (Å²) in [7, 11) is 0. The summed E-state index contributed by atoms with van der Waals surface area (Å²) >= 11 is 0. The minimum absolute atomic E-state index is 0.0517. The van der Waals surface area contributed by atoms with Gasteiger partial charge in [0.05, 0.1) is 13.1 Å². The first-order valence-corrected chi connectivity index (χ1v) is 9.89. The fourth-order valence-corrected chi connectivity index (χ4v) is 3.68. The summed E-state index contributed by atoms with van der Waals surface area (Å²) < 4.78 is 0.847. The first-order chi connectivity index (χ1) is 11.6. The number of quaternary nitrogens is 1. The number of nitrogens with zero attached hydrogens (tertiary/aromatic N) is 2. The molecular weight excluding hydrogens is 298 g/mol. The second kappa shape index (κ2) is 11.4. The third-order valence-electron chi connectivity index (χ3n) is 5.17. The fraction of sp³-hybridized carbons (Fsp3) is 0.800. The topological polar surface area (TPSA) is 41.5 Å². The molecule has 0 saturated heterocycles. The Kier molecular flexibility index (Phi) is 9.92. The molecule has 0 aliphatic carbocycles. The third-order valence-corrected chi connectivity index (χ3v) is 5.17. The Morgan fingerprint density at radius 1 is 1.21 bits per heavy atom.